The highest BCUT2D eigenvalue weighted by Crippen LogP contribution is 2.39. The number of likely N-dealkylation sites (tertiary alicyclic amines) is 1. The van der Waals surface area contributed by atoms with Crippen LogP contribution in [0.15, 0.2) is 24.3 Å². The molecule has 2 fully saturated rings. The van der Waals surface area contributed by atoms with Crippen LogP contribution in [-0.2, 0) is 13.0 Å². The van der Waals surface area contributed by atoms with Gasteiger partial charge in [-0.05, 0) is 36.8 Å². The molecule has 1 aliphatic carbocycles. The second kappa shape index (κ2) is 5.87. The molecular formula is C18H27NO. The summed E-state index contributed by atoms with van der Waals surface area (Å²) in [5, 5.41) is 10.7. The van der Waals surface area contributed by atoms with E-state index in [0.717, 1.165) is 38.9 Å². The molecule has 1 N–H and O–H groups in total. The molecule has 0 bridgehead atoms. The number of piperidine rings is 1. The number of aryl methyl sites for hydroxylation is 1. The van der Waals surface area contributed by atoms with Gasteiger partial charge in [0.25, 0.3) is 0 Å². The molecule has 1 heterocycles. The van der Waals surface area contributed by atoms with Crippen LogP contribution in [0.2, 0.25) is 0 Å². The van der Waals surface area contributed by atoms with Gasteiger partial charge < -0.3 is 5.11 Å². The van der Waals surface area contributed by atoms with Crippen LogP contribution in [0.25, 0.3) is 0 Å². The van der Waals surface area contributed by atoms with Gasteiger partial charge in [-0.15, -0.1) is 0 Å². The number of benzene rings is 1. The van der Waals surface area contributed by atoms with Gasteiger partial charge in [-0.3, -0.25) is 4.90 Å². The maximum absolute atomic E-state index is 10.7. The highest BCUT2D eigenvalue weighted by atomic mass is 16.3. The minimum absolute atomic E-state index is 0.346. The largest absolute Gasteiger partial charge is 0.390 e. The van der Waals surface area contributed by atoms with Crippen molar-refractivity contribution in [2.45, 2.75) is 57.6 Å². The van der Waals surface area contributed by atoms with Crippen molar-refractivity contribution in [1.82, 2.24) is 4.90 Å². The summed E-state index contributed by atoms with van der Waals surface area (Å²) < 4.78 is 0. The maximum Gasteiger partial charge on any atom is 0.0700 e. The summed E-state index contributed by atoms with van der Waals surface area (Å²) >= 11 is 0. The lowest BCUT2D eigenvalue weighted by atomic mass is 9.71. The van der Waals surface area contributed by atoms with Crippen molar-refractivity contribution in [1.29, 1.82) is 0 Å². The zero-order valence-corrected chi connectivity index (χ0v) is 12.6. The van der Waals surface area contributed by atoms with Gasteiger partial charge in [-0.25, -0.2) is 0 Å². The standard InChI is InChI=1S/C18H27NO/c1-2-15-6-8-16(9-7-15)13-19-12-11-18(20)10-4-3-5-17(18)14-19/h6-9,17,20H,2-5,10-14H2,1H3. The Balaban J connectivity index is 1.61. The van der Waals surface area contributed by atoms with E-state index >= 15 is 0 Å². The third-order valence-electron chi connectivity index (χ3n) is 5.35. The van der Waals surface area contributed by atoms with Crippen LogP contribution >= 0.6 is 0 Å². The smallest absolute Gasteiger partial charge is 0.0700 e. The highest BCUT2D eigenvalue weighted by molar-refractivity contribution is 5.22. The van der Waals surface area contributed by atoms with Crippen molar-refractivity contribution in [3.05, 3.63) is 35.4 Å². The Kier molecular flexibility index (Phi) is 4.13. The Hall–Kier alpha value is -0.860. The zero-order valence-electron chi connectivity index (χ0n) is 12.6. The molecule has 1 saturated carbocycles. The van der Waals surface area contributed by atoms with Crippen LogP contribution in [-0.4, -0.2) is 28.7 Å². The minimum Gasteiger partial charge on any atom is -0.390 e. The second-order valence-corrected chi connectivity index (χ2v) is 6.70. The van der Waals surface area contributed by atoms with E-state index in [1.165, 1.54) is 30.4 Å². The van der Waals surface area contributed by atoms with E-state index in [1.807, 2.05) is 0 Å². The number of hydrogen-bond donors (Lipinski definition) is 1. The Labute approximate surface area is 122 Å². The van der Waals surface area contributed by atoms with Gasteiger partial charge in [0.1, 0.15) is 0 Å². The molecule has 110 valence electrons. The topological polar surface area (TPSA) is 23.5 Å². The first-order valence-electron chi connectivity index (χ1n) is 8.22. The van der Waals surface area contributed by atoms with Crippen molar-refractivity contribution in [2.24, 2.45) is 5.92 Å². The van der Waals surface area contributed by atoms with E-state index in [4.69, 9.17) is 0 Å². The molecule has 1 saturated heterocycles. The normalized spacial score (nSPS) is 31.0. The lowest BCUT2D eigenvalue weighted by molar-refractivity contribution is -0.0967. The van der Waals surface area contributed by atoms with E-state index in [9.17, 15) is 5.11 Å². The zero-order chi connectivity index (χ0) is 14.0. The van der Waals surface area contributed by atoms with Crippen LogP contribution in [0.3, 0.4) is 0 Å². The van der Waals surface area contributed by atoms with Crippen molar-refractivity contribution in [3.8, 4) is 0 Å². The average molecular weight is 273 g/mol. The summed E-state index contributed by atoms with van der Waals surface area (Å²) in [4.78, 5) is 2.53. The van der Waals surface area contributed by atoms with Gasteiger partial charge in [0.15, 0.2) is 0 Å². The Morgan fingerprint density at radius 1 is 1.15 bits per heavy atom. The summed E-state index contributed by atoms with van der Waals surface area (Å²) in [5.74, 6) is 0.500. The number of nitrogens with zero attached hydrogens (tertiary/aromatic N) is 1. The van der Waals surface area contributed by atoms with Gasteiger partial charge >= 0.3 is 0 Å². The molecule has 0 radical (unpaired) electrons. The fourth-order valence-electron chi connectivity index (χ4n) is 3.92. The average Bonchev–Trinajstić information content (AvgIpc) is 2.48. The third kappa shape index (κ3) is 2.91. The Morgan fingerprint density at radius 2 is 1.90 bits per heavy atom. The van der Waals surface area contributed by atoms with Crippen LogP contribution in [0.4, 0.5) is 0 Å². The number of aliphatic hydroxyl groups is 1. The molecule has 1 aromatic carbocycles. The molecule has 2 nitrogen and oxygen atoms in total. The lowest BCUT2D eigenvalue weighted by Crippen LogP contribution is -2.52. The number of fused-ring (bicyclic) bond motifs is 1. The Morgan fingerprint density at radius 3 is 2.65 bits per heavy atom. The highest BCUT2D eigenvalue weighted by Gasteiger charge is 2.42. The first kappa shape index (κ1) is 14.1. The predicted octanol–water partition coefficient (Wildman–Crippen LogP) is 3.38. The minimum atomic E-state index is -0.346. The molecule has 2 atom stereocenters. The van der Waals surface area contributed by atoms with E-state index in [0.29, 0.717) is 5.92 Å². The molecule has 1 aliphatic heterocycles. The van der Waals surface area contributed by atoms with Crippen LogP contribution < -0.4 is 0 Å². The van der Waals surface area contributed by atoms with E-state index in [2.05, 4.69) is 36.1 Å². The molecule has 1 aromatic rings. The summed E-state index contributed by atoms with van der Waals surface area (Å²) in [5.41, 5.74) is 2.47. The Bertz CT molecular complexity index is 441. The van der Waals surface area contributed by atoms with E-state index < -0.39 is 0 Å². The summed E-state index contributed by atoms with van der Waals surface area (Å²) in [6.07, 6.45) is 6.82. The second-order valence-electron chi connectivity index (χ2n) is 6.70. The molecule has 2 aliphatic rings. The SMILES string of the molecule is CCc1ccc(CN2CCC3(O)CCCCC3C2)cc1. The van der Waals surface area contributed by atoms with Gasteiger partial charge in [0.2, 0.25) is 0 Å². The molecule has 3 rings (SSSR count). The van der Waals surface area contributed by atoms with Gasteiger partial charge in [-0.1, -0.05) is 44.0 Å². The predicted molar refractivity (Wildman–Crippen MR) is 82.6 cm³/mol. The molecule has 2 unspecified atom stereocenters. The monoisotopic (exact) mass is 273 g/mol. The van der Waals surface area contributed by atoms with Crippen molar-refractivity contribution < 1.29 is 5.11 Å². The number of hydrogen-bond acceptors (Lipinski definition) is 2. The first-order chi connectivity index (χ1) is 9.69. The van der Waals surface area contributed by atoms with E-state index in [1.54, 1.807) is 0 Å². The first-order valence-corrected chi connectivity index (χ1v) is 8.22. The summed E-state index contributed by atoms with van der Waals surface area (Å²) in [6, 6.07) is 9.02. The van der Waals surface area contributed by atoms with Crippen LogP contribution in [0.1, 0.15) is 50.2 Å². The molecular weight excluding hydrogens is 246 g/mol. The molecule has 0 spiro atoms. The lowest BCUT2D eigenvalue weighted by Gasteiger charge is -2.47. The maximum atomic E-state index is 10.7. The van der Waals surface area contributed by atoms with Gasteiger partial charge in [0.05, 0.1) is 5.60 Å². The van der Waals surface area contributed by atoms with Crippen molar-refractivity contribution in [2.75, 3.05) is 13.1 Å². The molecule has 2 heteroatoms. The summed E-state index contributed by atoms with van der Waals surface area (Å²) in [7, 11) is 0. The molecule has 20 heavy (non-hydrogen) atoms. The summed E-state index contributed by atoms with van der Waals surface area (Å²) in [6.45, 7) is 5.36. The fraction of sp³-hybridized carbons (Fsp3) is 0.667. The van der Waals surface area contributed by atoms with Gasteiger partial charge in [0, 0.05) is 25.6 Å². The quantitative estimate of drug-likeness (QED) is 0.912. The molecule has 0 amide bonds. The van der Waals surface area contributed by atoms with Crippen LogP contribution in [0.5, 0.6) is 0 Å². The van der Waals surface area contributed by atoms with Crippen molar-refractivity contribution >= 4 is 0 Å². The number of rotatable bonds is 3. The van der Waals surface area contributed by atoms with Crippen molar-refractivity contribution in [3.63, 3.8) is 0 Å². The fourth-order valence-corrected chi connectivity index (χ4v) is 3.92. The van der Waals surface area contributed by atoms with Crippen LogP contribution in [0, 0.1) is 5.92 Å². The third-order valence-corrected chi connectivity index (χ3v) is 5.35. The molecule has 0 aromatic heterocycles. The van der Waals surface area contributed by atoms with Gasteiger partial charge in [-0.2, -0.15) is 0 Å². The van der Waals surface area contributed by atoms with E-state index in [-0.39, 0.29) is 5.60 Å².